The fraction of sp³-hybridized carbons (Fsp3) is 0.350. The number of carbonyl (C=O) groups is 1. The van der Waals surface area contributed by atoms with Crippen molar-refractivity contribution in [3.8, 4) is 0 Å². The van der Waals surface area contributed by atoms with E-state index in [4.69, 9.17) is 0 Å². The summed E-state index contributed by atoms with van der Waals surface area (Å²) < 4.78 is 0. The number of nitrogens with zero attached hydrogens (tertiary/aromatic N) is 1. The van der Waals surface area contributed by atoms with Crippen LogP contribution in [0.5, 0.6) is 0 Å². The molecule has 3 N–H and O–H groups in total. The minimum atomic E-state index is -0.640. The molecule has 2 rings (SSSR count). The second-order valence-corrected chi connectivity index (χ2v) is 7.32. The molecule has 2 aromatic carbocycles. The number of aliphatic hydroxyl groups is 1. The molecule has 2 aromatic rings. The Morgan fingerprint density at radius 1 is 1.15 bits per heavy atom. The maximum Gasteiger partial charge on any atom is 0.319 e. The van der Waals surface area contributed by atoms with Crippen molar-refractivity contribution in [2.75, 3.05) is 38.8 Å². The van der Waals surface area contributed by atoms with Crippen LogP contribution in [-0.4, -0.2) is 49.5 Å². The zero-order valence-corrected chi connectivity index (χ0v) is 16.3. The van der Waals surface area contributed by atoms with E-state index in [1.54, 1.807) is 11.8 Å². The number of anilines is 1. The van der Waals surface area contributed by atoms with E-state index >= 15 is 0 Å². The van der Waals surface area contributed by atoms with Crippen molar-refractivity contribution in [2.45, 2.75) is 11.0 Å². The molecule has 26 heavy (non-hydrogen) atoms. The topological polar surface area (TPSA) is 64.6 Å². The number of urea groups is 1. The lowest BCUT2D eigenvalue weighted by atomic mass is 9.95. The normalized spacial score (nSPS) is 13.3. The van der Waals surface area contributed by atoms with E-state index in [1.807, 2.05) is 79.8 Å². The fourth-order valence-corrected chi connectivity index (χ4v) is 3.23. The smallest absolute Gasteiger partial charge is 0.319 e. The molecule has 0 saturated heterocycles. The SMILES string of the molecule is CSc1cccc(NC(=O)NC[C@@H](CN(C)C)[C@@H](O)c2ccccc2)c1. The van der Waals surface area contributed by atoms with Crippen LogP contribution in [-0.2, 0) is 0 Å². The van der Waals surface area contributed by atoms with Gasteiger partial charge in [-0.1, -0.05) is 36.4 Å². The van der Waals surface area contributed by atoms with Crippen molar-refractivity contribution in [3.63, 3.8) is 0 Å². The molecule has 0 fully saturated rings. The predicted molar refractivity (Wildman–Crippen MR) is 109 cm³/mol. The van der Waals surface area contributed by atoms with Gasteiger partial charge >= 0.3 is 6.03 Å². The lowest BCUT2D eigenvalue weighted by molar-refractivity contribution is 0.0911. The molecule has 0 aliphatic rings. The first-order chi connectivity index (χ1) is 12.5. The summed E-state index contributed by atoms with van der Waals surface area (Å²) in [5, 5.41) is 16.4. The van der Waals surface area contributed by atoms with Gasteiger partial charge in [-0.15, -0.1) is 11.8 Å². The van der Waals surface area contributed by atoms with E-state index < -0.39 is 6.10 Å². The van der Waals surface area contributed by atoms with Crippen molar-refractivity contribution in [1.82, 2.24) is 10.2 Å². The summed E-state index contributed by atoms with van der Waals surface area (Å²) in [5.74, 6) is -0.115. The van der Waals surface area contributed by atoms with E-state index in [2.05, 4.69) is 10.6 Å². The molecule has 0 aliphatic carbocycles. The first kappa shape index (κ1) is 20.3. The van der Waals surface area contributed by atoms with Crippen LogP contribution in [0.2, 0.25) is 0 Å². The molecule has 0 radical (unpaired) electrons. The highest BCUT2D eigenvalue weighted by Gasteiger charge is 2.22. The zero-order valence-electron chi connectivity index (χ0n) is 15.5. The second-order valence-electron chi connectivity index (χ2n) is 6.44. The number of hydrogen-bond acceptors (Lipinski definition) is 4. The number of nitrogens with one attached hydrogen (secondary N) is 2. The highest BCUT2D eigenvalue weighted by molar-refractivity contribution is 7.98. The molecule has 140 valence electrons. The van der Waals surface area contributed by atoms with Crippen LogP contribution in [0.15, 0.2) is 59.5 Å². The van der Waals surface area contributed by atoms with Gasteiger partial charge in [0.05, 0.1) is 6.10 Å². The third kappa shape index (κ3) is 6.37. The number of hydrogen-bond donors (Lipinski definition) is 3. The van der Waals surface area contributed by atoms with Crippen molar-refractivity contribution in [3.05, 3.63) is 60.2 Å². The van der Waals surface area contributed by atoms with Gasteiger partial charge in [-0.3, -0.25) is 0 Å². The standard InChI is InChI=1S/C20H27N3O2S/c1-23(2)14-16(19(24)15-8-5-4-6-9-15)13-21-20(25)22-17-10-7-11-18(12-17)26-3/h4-12,16,19,24H,13-14H2,1-3H3,(H2,21,22,25)/t16-,19-/m0/s1. The Bertz CT molecular complexity index is 694. The van der Waals surface area contributed by atoms with Gasteiger partial charge in [0.15, 0.2) is 0 Å². The number of rotatable bonds is 8. The average Bonchev–Trinajstić information content (AvgIpc) is 2.65. The van der Waals surface area contributed by atoms with Crippen LogP contribution in [0.3, 0.4) is 0 Å². The number of amides is 2. The summed E-state index contributed by atoms with van der Waals surface area (Å²) >= 11 is 1.63. The third-order valence-corrected chi connectivity index (χ3v) is 4.77. The molecular weight excluding hydrogens is 346 g/mol. The molecule has 2 atom stereocenters. The maximum absolute atomic E-state index is 12.2. The summed E-state index contributed by atoms with van der Waals surface area (Å²) in [4.78, 5) is 15.3. The van der Waals surface area contributed by atoms with E-state index in [9.17, 15) is 9.90 Å². The maximum atomic E-state index is 12.2. The van der Waals surface area contributed by atoms with E-state index in [0.717, 1.165) is 16.1 Å². The van der Waals surface area contributed by atoms with Crippen LogP contribution in [0, 0.1) is 5.92 Å². The Morgan fingerprint density at radius 2 is 1.88 bits per heavy atom. The Morgan fingerprint density at radius 3 is 2.54 bits per heavy atom. The molecule has 0 unspecified atom stereocenters. The summed E-state index contributed by atoms with van der Waals surface area (Å²) in [6.07, 6.45) is 1.36. The lowest BCUT2D eigenvalue weighted by Gasteiger charge is -2.26. The van der Waals surface area contributed by atoms with Crippen LogP contribution in [0.4, 0.5) is 10.5 Å². The van der Waals surface area contributed by atoms with Gasteiger partial charge in [-0.05, 0) is 44.1 Å². The van der Waals surface area contributed by atoms with Crippen molar-refractivity contribution in [2.24, 2.45) is 5.92 Å². The number of benzene rings is 2. The molecule has 0 heterocycles. The highest BCUT2D eigenvalue weighted by atomic mass is 32.2. The van der Waals surface area contributed by atoms with Gasteiger partial charge in [0.2, 0.25) is 0 Å². The minimum absolute atomic E-state index is 0.115. The first-order valence-corrected chi connectivity index (χ1v) is 9.78. The fourth-order valence-electron chi connectivity index (χ4n) is 2.77. The minimum Gasteiger partial charge on any atom is -0.388 e. The van der Waals surface area contributed by atoms with Gasteiger partial charge in [0.25, 0.3) is 0 Å². The van der Waals surface area contributed by atoms with Crippen molar-refractivity contribution in [1.29, 1.82) is 0 Å². The lowest BCUT2D eigenvalue weighted by Crippen LogP contribution is -2.39. The summed E-state index contributed by atoms with van der Waals surface area (Å²) in [7, 11) is 3.91. The van der Waals surface area contributed by atoms with Crippen LogP contribution in [0.25, 0.3) is 0 Å². The van der Waals surface area contributed by atoms with Gasteiger partial charge < -0.3 is 20.6 Å². The zero-order chi connectivity index (χ0) is 18.9. The van der Waals surface area contributed by atoms with Crippen LogP contribution >= 0.6 is 11.8 Å². The number of aliphatic hydroxyl groups excluding tert-OH is 1. The van der Waals surface area contributed by atoms with Crippen LogP contribution < -0.4 is 10.6 Å². The van der Waals surface area contributed by atoms with Crippen LogP contribution in [0.1, 0.15) is 11.7 Å². The van der Waals surface area contributed by atoms with Gasteiger partial charge in [-0.25, -0.2) is 4.79 Å². The molecule has 0 saturated carbocycles. The Kier molecular flexibility index (Phi) is 7.97. The molecule has 0 bridgehead atoms. The van der Waals surface area contributed by atoms with Gasteiger partial charge in [-0.2, -0.15) is 0 Å². The molecule has 0 aromatic heterocycles. The van der Waals surface area contributed by atoms with E-state index in [-0.39, 0.29) is 11.9 Å². The molecule has 0 aliphatic heterocycles. The second kappa shape index (κ2) is 10.2. The molecule has 6 heteroatoms. The Labute approximate surface area is 159 Å². The Balaban J connectivity index is 1.96. The largest absolute Gasteiger partial charge is 0.388 e. The monoisotopic (exact) mass is 373 g/mol. The summed E-state index contributed by atoms with van der Waals surface area (Å²) in [6, 6.07) is 17.0. The third-order valence-electron chi connectivity index (χ3n) is 4.04. The molecular formula is C20H27N3O2S. The number of thioether (sulfide) groups is 1. The van der Waals surface area contributed by atoms with E-state index in [0.29, 0.717) is 13.1 Å². The highest BCUT2D eigenvalue weighted by Crippen LogP contribution is 2.22. The summed E-state index contributed by atoms with van der Waals surface area (Å²) in [6.45, 7) is 1.04. The number of carbonyl (C=O) groups excluding carboxylic acids is 1. The first-order valence-electron chi connectivity index (χ1n) is 8.56. The molecule has 5 nitrogen and oxygen atoms in total. The Hall–Kier alpha value is -2.02. The van der Waals surface area contributed by atoms with Gasteiger partial charge in [0.1, 0.15) is 0 Å². The van der Waals surface area contributed by atoms with Crippen molar-refractivity contribution < 1.29 is 9.90 Å². The van der Waals surface area contributed by atoms with Gasteiger partial charge in [0, 0.05) is 29.6 Å². The molecule has 0 spiro atoms. The quantitative estimate of drug-likeness (QED) is 0.620. The van der Waals surface area contributed by atoms with Crippen molar-refractivity contribution >= 4 is 23.5 Å². The predicted octanol–water partition coefficient (Wildman–Crippen LogP) is 3.44. The summed E-state index contributed by atoms with van der Waals surface area (Å²) in [5.41, 5.74) is 1.61. The molecule has 2 amide bonds. The van der Waals surface area contributed by atoms with E-state index in [1.165, 1.54) is 0 Å². The average molecular weight is 374 g/mol.